The fraction of sp³-hybridized carbons (Fsp3) is 0.909. The largest absolute Gasteiger partial charge is 0.370 e. The molecule has 0 spiro atoms. The molecule has 0 aromatic rings. The molecule has 0 aliphatic rings. The third-order valence-electron chi connectivity index (χ3n) is 2.24. The monoisotopic (exact) mass is 214 g/mol. The smallest absolute Gasteiger partial charge is 0.188 e. The zero-order valence-corrected chi connectivity index (χ0v) is 9.97. The van der Waals surface area contributed by atoms with E-state index in [4.69, 9.17) is 11.5 Å². The molecule has 0 amide bonds. The van der Waals surface area contributed by atoms with Crippen LogP contribution < -0.4 is 16.8 Å². The Bertz CT molecular complexity index is 157. The van der Waals surface area contributed by atoms with Crippen LogP contribution in [0.4, 0.5) is 0 Å². The van der Waals surface area contributed by atoms with E-state index < -0.39 is 0 Å². The van der Waals surface area contributed by atoms with Crippen LogP contribution in [0.3, 0.4) is 0 Å². The first-order valence-corrected chi connectivity index (χ1v) is 6.05. The van der Waals surface area contributed by atoms with E-state index in [0.29, 0.717) is 19.0 Å². The highest BCUT2D eigenvalue weighted by molar-refractivity contribution is 5.77. The van der Waals surface area contributed by atoms with Gasteiger partial charge in [0.05, 0.1) is 0 Å². The molecule has 0 heterocycles. The fourth-order valence-corrected chi connectivity index (χ4v) is 1.35. The highest BCUT2D eigenvalue weighted by Gasteiger charge is 1.91. The highest BCUT2D eigenvalue weighted by atomic mass is 15.1. The number of unbranched alkanes of at least 4 members (excludes halogenated alkanes) is 5. The summed E-state index contributed by atoms with van der Waals surface area (Å²) < 4.78 is 0. The number of hydrogen-bond acceptors (Lipinski definition) is 2. The molecule has 0 saturated carbocycles. The van der Waals surface area contributed by atoms with Crippen molar-refractivity contribution in [2.75, 3.05) is 19.6 Å². The lowest BCUT2D eigenvalue weighted by atomic mass is 10.1. The van der Waals surface area contributed by atoms with Gasteiger partial charge in [-0.2, -0.15) is 0 Å². The third kappa shape index (κ3) is 11.2. The van der Waals surface area contributed by atoms with Gasteiger partial charge in [0.15, 0.2) is 5.96 Å². The Labute approximate surface area is 93.5 Å². The number of nitrogens with zero attached hydrogens (tertiary/aromatic N) is 1. The Morgan fingerprint density at radius 2 is 1.80 bits per heavy atom. The second-order valence-electron chi connectivity index (χ2n) is 3.75. The third-order valence-corrected chi connectivity index (χ3v) is 2.24. The van der Waals surface area contributed by atoms with Crippen LogP contribution in [0.1, 0.15) is 45.4 Å². The maximum atomic E-state index is 5.61. The van der Waals surface area contributed by atoms with Crippen LogP contribution in [0.2, 0.25) is 0 Å². The number of aliphatic imine (C=N–C) groups is 1. The molecule has 0 rings (SSSR count). The first kappa shape index (κ1) is 14.2. The molecule has 4 heteroatoms. The maximum Gasteiger partial charge on any atom is 0.188 e. The lowest BCUT2D eigenvalue weighted by Crippen LogP contribution is -2.35. The zero-order valence-electron chi connectivity index (χ0n) is 9.97. The molecule has 0 aromatic carbocycles. The Kier molecular flexibility index (Phi) is 10.7. The van der Waals surface area contributed by atoms with Crippen molar-refractivity contribution in [1.82, 2.24) is 5.32 Å². The topological polar surface area (TPSA) is 76.4 Å². The number of nitrogens with one attached hydrogen (secondary N) is 1. The zero-order chi connectivity index (χ0) is 11.4. The maximum absolute atomic E-state index is 5.61. The van der Waals surface area contributed by atoms with Crippen molar-refractivity contribution in [3.8, 4) is 0 Å². The van der Waals surface area contributed by atoms with E-state index in [-0.39, 0.29) is 0 Å². The second-order valence-corrected chi connectivity index (χ2v) is 3.75. The molecular formula is C11H26N4. The summed E-state index contributed by atoms with van der Waals surface area (Å²) >= 11 is 0. The van der Waals surface area contributed by atoms with E-state index in [1.807, 2.05) is 0 Å². The van der Waals surface area contributed by atoms with Crippen molar-refractivity contribution >= 4 is 5.96 Å². The van der Waals surface area contributed by atoms with Gasteiger partial charge in [0.25, 0.3) is 0 Å². The first-order chi connectivity index (χ1) is 7.31. The average molecular weight is 214 g/mol. The van der Waals surface area contributed by atoms with Crippen molar-refractivity contribution in [2.24, 2.45) is 16.5 Å². The van der Waals surface area contributed by atoms with Gasteiger partial charge in [-0.15, -0.1) is 0 Å². The van der Waals surface area contributed by atoms with Crippen molar-refractivity contribution in [2.45, 2.75) is 45.4 Å². The van der Waals surface area contributed by atoms with E-state index in [0.717, 1.165) is 13.0 Å². The molecular weight excluding hydrogens is 188 g/mol. The molecule has 90 valence electrons. The molecule has 0 aliphatic carbocycles. The second kappa shape index (κ2) is 11.3. The van der Waals surface area contributed by atoms with Gasteiger partial charge in [-0.3, -0.25) is 4.99 Å². The molecule has 0 aromatic heterocycles. The van der Waals surface area contributed by atoms with Crippen molar-refractivity contribution in [3.05, 3.63) is 0 Å². The highest BCUT2D eigenvalue weighted by Crippen LogP contribution is 2.04. The van der Waals surface area contributed by atoms with Crippen LogP contribution in [-0.2, 0) is 0 Å². The molecule has 15 heavy (non-hydrogen) atoms. The van der Waals surface area contributed by atoms with Gasteiger partial charge in [-0.05, 0) is 6.42 Å². The fourth-order valence-electron chi connectivity index (χ4n) is 1.35. The minimum atomic E-state index is 0.522. The summed E-state index contributed by atoms with van der Waals surface area (Å²) in [4.78, 5) is 4.21. The minimum absolute atomic E-state index is 0.522. The van der Waals surface area contributed by atoms with Crippen LogP contribution in [0.15, 0.2) is 4.99 Å². The Balaban J connectivity index is 3.20. The standard InChI is InChI=1S/C11H26N4/c1-2-3-4-5-6-7-9-14-11(13)15-10-8-12/h2-10,12H2,1H3,(H3,13,14,15). The number of rotatable bonds is 9. The summed E-state index contributed by atoms with van der Waals surface area (Å²) in [6.07, 6.45) is 7.71. The lowest BCUT2D eigenvalue weighted by molar-refractivity contribution is 0.611. The summed E-state index contributed by atoms with van der Waals surface area (Å²) in [7, 11) is 0. The van der Waals surface area contributed by atoms with Gasteiger partial charge in [0.1, 0.15) is 0 Å². The molecule has 0 bridgehead atoms. The van der Waals surface area contributed by atoms with Crippen molar-refractivity contribution < 1.29 is 0 Å². The van der Waals surface area contributed by atoms with Crippen LogP contribution in [0.5, 0.6) is 0 Å². The summed E-state index contributed by atoms with van der Waals surface area (Å²) in [5.41, 5.74) is 10.9. The predicted molar refractivity (Wildman–Crippen MR) is 66.9 cm³/mol. The van der Waals surface area contributed by atoms with Gasteiger partial charge in [-0.1, -0.05) is 39.0 Å². The Morgan fingerprint density at radius 1 is 1.13 bits per heavy atom. The number of guanidine groups is 1. The number of hydrogen-bond donors (Lipinski definition) is 3. The molecule has 0 radical (unpaired) electrons. The van der Waals surface area contributed by atoms with Gasteiger partial charge < -0.3 is 16.8 Å². The van der Waals surface area contributed by atoms with E-state index in [9.17, 15) is 0 Å². The summed E-state index contributed by atoms with van der Waals surface area (Å²) in [5, 5.41) is 2.95. The van der Waals surface area contributed by atoms with Crippen molar-refractivity contribution in [3.63, 3.8) is 0 Å². The summed E-state index contributed by atoms with van der Waals surface area (Å²) in [5.74, 6) is 0.522. The molecule has 5 N–H and O–H groups in total. The number of nitrogens with two attached hydrogens (primary N) is 2. The van der Waals surface area contributed by atoms with Gasteiger partial charge in [-0.25, -0.2) is 0 Å². The summed E-state index contributed by atoms with van der Waals surface area (Å²) in [6, 6.07) is 0. The summed E-state index contributed by atoms with van der Waals surface area (Å²) in [6.45, 7) is 4.35. The van der Waals surface area contributed by atoms with Crippen LogP contribution in [0.25, 0.3) is 0 Å². The first-order valence-electron chi connectivity index (χ1n) is 6.05. The van der Waals surface area contributed by atoms with E-state index in [1.54, 1.807) is 0 Å². The van der Waals surface area contributed by atoms with Gasteiger partial charge in [0, 0.05) is 19.6 Å². The predicted octanol–water partition coefficient (Wildman–Crippen LogP) is 1.21. The molecule has 0 aliphatic heterocycles. The molecule has 0 atom stereocenters. The van der Waals surface area contributed by atoms with E-state index >= 15 is 0 Å². The van der Waals surface area contributed by atoms with E-state index in [2.05, 4.69) is 17.2 Å². The normalized spacial score (nSPS) is 11.7. The van der Waals surface area contributed by atoms with Crippen LogP contribution >= 0.6 is 0 Å². The minimum Gasteiger partial charge on any atom is -0.370 e. The SMILES string of the molecule is CCCCCCCCN=C(N)NCCN. The molecule has 0 unspecified atom stereocenters. The Hall–Kier alpha value is -0.770. The Morgan fingerprint density at radius 3 is 2.47 bits per heavy atom. The molecule has 4 nitrogen and oxygen atoms in total. The molecule has 0 fully saturated rings. The van der Waals surface area contributed by atoms with Gasteiger partial charge in [0.2, 0.25) is 0 Å². The van der Waals surface area contributed by atoms with Gasteiger partial charge >= 0.3 is 0 Å². The van der Waals surface area contributed by atoms with Crippen LogP contribution in [0, 0.1) is 0 Å². The molecule has 0 saturated heterocycles. The average Bonchev–Trinajstić information content (AvgIpc) is 2.25. The van der Waals surface area contributed by atoms with Crippen LogP contribution in [-0.4, -0.2) is 25.6 Å². The van der Waals surface area contributed by atoms with E-state index in [1.165, 1.54) is 32.1 Å². The van der Waals surface area contributed by atoms with Crippen molar-refractivity contribution in [1.29, 1.82) is 0 Å². The quantitative estimate of drug-likeness (QED) is 0.307. The lowest BCUT2D eigenvalue weighted by Gasteiger charge is -2.03.